The molecule has 0 saturated carbocycles. The molecule has 0 saturated heterocycles. The van der Waals surface area contributed by atoms with Gasteiger partial charge in [-0.05, 0) is 55.6 Å². The zero-order valence-corrected chi connectivity index (χ0v) is 13.0. The Morgan fingerprint density at radius 2 is 1.81 bits per heavy atom. The van der Waals surface area contributed by atoms with E-state index in [9.17, 15) is 0 Å². The Hall–Kier alpha value is -1.80. The van der Waals surface area contributed by atoms with Gasteiger partial charge in [-0.1, -0.05) is 36.4 Å². The molecular formula is C19H23NO. The van der Waals surface area contributed by atoms with Gasteiger partial charge in [0.25, 0.3) is 0 Å². The molecular weight excluding hydrogens is 258 g/mol. The molecule has 0 amide bonds. The second-order valence-electron chi connectivity index (χ2n) is 5.94. The number of fused-ring (bicyclic) bond motifs is 1. The molecule has 0 spiro atoms. The van der Waals surface area contributed by atoms with Crippen LogP contribution in [0.1, 0.15) is 22.3 Å². The molecule has 21 heavy (non-hydrogen) atoms. The van der Waals surface area contributed by atoms with Crippen molar-refractivity contribution in [3.63, 3.8) is 0 Å². The lowest BCUT2D eigenvalue weighted by molar-refractivity contribution is 0.182. The molecule has 3 rings (SSSR count). The summed E-state index contributed by atoms with van der Waals surface area (Å²) in [6.45, 7) is 4.39. The third-order valence-corrected chi connectivity index (χ3v) is 4.56. The summed E-state index contributed by atoms with van der Waals surface area (Å²) in [5, 5.41) is 3.46. The monoisotopic (exact) mass is 281 g/mol. The van der Waals surface area contributed by atoms with Gasteiger partial charge >= 0.3 is 0 Å². The normalized spacial score (nSPS) is 18.1. The van der Waals surface area contributed by atoms with Crippen molar-refractivity contribution in [1.82, 2.24) is 5.32 Å². The van der Waals surface area contributed by atoms with Crippen LogP contribution in [0.5, 0.6) is 5.75 Å². The second-order valence-corrected chi connectivity index (χ2v) is 5.94. The number of nitrogens with one attached hydrogen (secondary N) is 1. The van der Waals surface area contributed by atoms with Crippen LogP contribution >= 0.6 is 0 Å². The summed E-state index contributed by atoms with van der Waals surface area (Å²) >= 11 is 0. The average molecular weight is 281 g/mol. The van der Waals surface area contributed by atoms with Crippen LogP contribution in [0.2, 0.25) is 0 Å². The van der Waals surface area contributed by atoms with Gasteiger partial charge in [0.15, 0.2) is 0 Å². The minimum atomic E-state index is 0.214. The zero-order chi connectivity index (χ0) is 14.8. The maximum Gasteiger partial charge on any atom is 0.123 e. The van der Waals surface area contributed by atoms with Crippen molar-refractivity contribution < 1.29 is 4.74 Å². The highest BCUT2D eigenvalue weighted by atomic mass is 16.5. The second kappa shape index (κ2) is 5.90. The number of rotatable bonds is 4. The van der Waals surface area contributed by atoms with Crippen LogP contribution < -0.4 is 10.1 Å². The third-order valence-electron chi connectivity index (χ3n) is 4.56. The summed E-state index contributed by atoms with van der Waals surface area (Å²) in [6.07, 6.45) is 2.21. The summed E-state index contributed by atoms with van der Waals surface area (Å²) in [5.41, 5.74) is 5.50. The molecule has 0 aromatic heterocycles. The van der Waals surface area contributed by atoms with Crippen LogP contribution in [0.25, 0.3) is 0 Å². The number of hydrogen-bond acceptors (Lipinski definition) is 2. The predicted molar refractivity (Wildman–Crippen MR) is 87.0 cm³/mol. The van der Waals surface area contributed by atoms with E-state index in [0.717, 1.165) is 18.6 Å². The van der Waals surface area contributed by atoms with Crippen molar-refractivity contribution in [2.75, 3.05) is 7.05 Å². The third kappa shape index (κ3) is 2.81. The fraction of sp³-hybridized carbons (Fsp3) is 0.368. The van der Waals surface area contributed by atoms with E-state index in [4.69, 9.17) is 4.74 Å². The van der Waals surface area contributed by atoms with E-state index in [1.165, 1.54) is 22.3 Å². The van der Waals surface area contributed by atoms with Crippen LogP contribution in [-0.2, 0) is 12.8 Å². The molecule has 1 heterocycles. The van der Waals surface area contributed by atoms with Crippen LogP contribution in [0.4, 0.5) is 0 Å². The first-order valence-corrected chi connectivity index (χ1v) is 7.66. The Bertz CT molecular complexity index is 590. The van der Waals surface area contributed by atoms with Gasteiger partial charge in [-0.15, -0.1) is 0 Å². The number of ether oxygens (including phenoxy) is 1. The Balaban J connectivity index is 1.78. The fourth-order valence-electron chi connectivity index (χ4n) is 3.24. The summed E-state index contributed by atoms with van der Waals surface area (Å²) in [7, 11) is 2.03. The number of para-hydroxylation sites is 1. The van der Waals surface area contributed by atoms with Crippen LogP contribution in [0, 0.1) is 13.8 Å². The lowest BCUT2D eigenvalue weighted by Gasteiger charge is -2.24. The lowest BCUT2D eigenvalue weighted by atomic mass is 9.92. The van der Waals surface area contributed by atoms with E-state index in [1.54, 1.807) is 0 Å². The number of hydrogen-bond donors (Lipinski definition) is 1. The minimum absolute atomic E-state index is 0.214. The van der Waals surface area contributed by atoms with E-state index in [1.807, 2.05) is 13.1 Å². The first-order chi connectivity index (χ1) is 10.2. The molecule has 0 fully saturated rings. The van der Waals surface area contributed by atoms with Crippen LogP contribution in [-0.4, -0.2) is 19.2 Å². The topological polar surface area (TPSA) is 21.3 Å². The molecule has 1 N–H and O–H groups in total. The number of aryl methyl sites for hydroxylation is 2. The SMILES string of the molecule is CNC(Cc1c(C)cccc1C)C1Cc2ccccc2O1. The molecule has 0 bridgehead atoms. The highest BCUT2D eigenvalue weighted by Crippen LogP contribution is 2.30. The highest BCUT2D eigenvalue weighted by molar-refractivity contribution is 5.39. The van der Waals surface area contributed by atoms with Crippen molar-refractivity contribution in [1.29, 1.82) is 0 Å². The quantitative estimate of drug-likeness (QED) is 0.927. The minimum Gasteiger partial charge on any atom is -0.488 e. The van der Waals surface area contributed by atoms with Crippen molar-refractivity contribution >= 4 is 0 Å². The molecule has 2 atom stereocenters. The molecule has 110 valence electrons. The average Bonchev–Trinajstić information content (AvgIpc) is 2.90. The Morgan fingerprint density at radius 3 is 2.48 bits per heavy atom. The Labute approximate surface area is 127 Å². The molecule has 0 radical (unpaired) electrons. The first kappa shape index (κ1) is 14.2. The first-order valence-electron chi connectivity index (χ1n) is 7.66. The lowest BCUT2D eigenvalue weighted by Crippen LogP contribution is -2.42. The zero-order valence-electron chi connectivity index (χ0n) is 13.0. The van der Waals surface area contributed by atoms with E-state index >= 15 is 0 Å². The highest BCUT2D eigenvalue weighted by Gasteiger charge is 2.29. The maximum atomic E-state index is 6.15. The van der Waals surface area contributed by atoms with Gasteiger partial charge < -0.3 is 10.1 Å². The van der Waals surface area contributed by atoms with Crippen molar-refractivity contribution in [2.24, 2.45) is 0 Å². The van der Waals surface area contributed by atoms with E-state index in [0.29, 0.717) is 6.04 Å². The smallest absolute Gasteiger partial charge is 0.123 e. The Morgan fingerprint density at radius 1 is 1.10 bits per heavy atom. The van der Waals surface area contributed by atoms with Gasteiger partial charge in [-0.25, -0.2) is 0 Å². The maximum absolute atomic E-state index is 6.15. The van der Waals surface area contributed by atoms with Gasteiger partial charge in [0.1, 0.15) is 11.9 Å². The Kier molecular flexibility index (Phi) is 3.98. The van der Waals surface area contributed by atoms with Crippen molar-refractivity contribution in [3.8, 4) is 5.75 Å². The van der Waals surface area contributed by atoms with Gasteiger partial charge in [0.2, 0.25) is 0 Å². The van der Waals surface area contributed by atoms with Crippen LogP contribution in [0.3, 0.4) is 0 Å². The van der Waals surface area contributed by atoms with E-state index in [2.05, 4.69) is 55.6 Å². The molecule has 2 aromatic carbocycles. The largest absolute Gasteiger partial charge is 0.488 e. The molecule has 1 aliphatic heterocycles. The molecule has 2 aromatic rings. The fourth-order valence-corrected chi connectivity index (χ4v) is 3.24. The van der Waals surface area contributed by atoms with E-state index < -0.39 is 0 Å². The van der Waals surface area contributed by atoms with E-state index in [-0.39, 0.29) is 6.10 Å². The summed E-state index contributed by atoms with van der Waals surface area (Å²) in [5.74, 6) is 1.05. The molecule has 1 aliphatic rings. The molecule has 2 unspecified atom stereocenters. The molecule has 2 heteroatoms. The van der Waals surface area contributed by atoms with Crippen molar-refractivity contribution in [3.05, 3.63) is 64.7 Å². The standard InChI is InChI=1S/C19H23NO/c1-13-7-6-8-14(2)16(13)12-17(20-3)19-11-15-9-4-5-10-18(15)21-19/h4-10,17,19-20H,11-12H2,1-3H3. The van der Waals surface area contributed by atoms with Gasteiger partial charge in [0.05, 0.1) is 0 Å². The summed E-state index contributed by atoms with van der Waals surface area (Å²) in [6, 6.07) is 15.2. The van der Waals surface area contributed by atoms with Crippen LogP contribution in [0.15, 0.2) is 42.5 Å². The predicted octanol–water partition coefficient (Wildman–Crippen LogP) is 3.44. The van der Waals surface area contributed by atoms with Gasteiger partial charge in [-0.2, -0.15) is 0 Å². The molecule has 2 nitrogen and oxygen atoms in total. The van der Waals surface area contributed by atoms with Gasteiger partial charge in [-0.3, -0.25) is 0 Å². The summed E-state index contributed by atoms with van der Waals surface area (Å²) in [4.78, 5) is 0. The van der Waals surface area contributed by atoms with Gasteiger partial charge in [0, 0.05) is 12.5 Å². The van der Waals surface area contributed by atoms with Crippen molar-refractivity contribution in [2.45, 2.75) is 38.8 Å². The molecule has 0 aliphatic carbocycles. The summed E-state index contributed by atoms with van der Waals surface area (Å²) < 4.78 is 6.15. The number of likely N-dealkylation sites (N-methyl/N-ethyl adjacent to an activating group) is 1. The number of benzene rings is 2.